The lowest BCUT2D eigenvalue weighted by Gasteiger charge is -2.33. The summed E-state index contributed by atoms with van der Waals surface area (Å²) in [6.45, 7) is 10.8. The van der Waals surface area contributed by atoms with Gasteiger partial charge < -0.3 is 25.0 Å². The summed E-state index contributed by atoms with van der Waals surface area (Å²) in [5.74, 6) is 1.60. The van der Waals surface area contributed by atoms with Crippen molar-refractivity contribution in [2.45, 2.75) is 51.9 Å². The van der Waals surface area contributed by atoms with Gasteiger partial charge in [-0.3, -0.25) is 4.99 Å². The standard InChI is InChI=1S/C21H35ClN4O2/c1-16(2)27-13-12-26-10-8-19(9-11-26)25-21(23-4)24-15-17(3)28-20-7-5-6-18(22)14-20/h5-7,14,16-17,19H,8-13,15H2,1-4H3,(H2,23,24,25). The SMILES string of the molecule is CN=C(NCC(C)Oc1cccc(Cl)c1)NC1CCN(CCOC(C)C)CC1. The highest BCUT2D eigenvalue weighted by molar-refractivity contribution is 6.30. The van der Waals surface area contributed by atoms with Crippen LogP contribution in [-0.4, -0.2) is 68.9 Å². The van der Waals surface area contributed by atoms with Crippen molar-refractivity contribution >= 4 is 17.6 Å². The molecule has 158 valence electrons. The highest BCUT2D eigenvalue weighted by atomic mass is 35.5. The molecule has 0 aromatic heterocycles. The van der Waals surface area contributed by atoms with Crippen LogP contribution in [0.3, 0.4) is 0 Å². The van der Waals surface area contributed by atoms with Crippen LogP contribution >= 0.6 is 11.6 Å². The van der Waals surface area contributed by atoms with Gasteiger partial charge in [0.05, 0.1) is 19.3 Å². The first-order valence-electron chi connectivity index (χ1n) is 10.2. The first-order chi connectivity index (χ1) is 13.5. The molecule has 1 unspecified atom stereocenters. The Bertz CT molecular complexity index is 604. The molecule has 0 spiro atoms. The second kappa shape index (κ2) is 12.1. The highest BCUT2D eigenvalue weighted by Gasteiger charge is 2.20. The monoisotopic (exact) mass is 410 g/mol. The molecule has 6 nitrogen and oxygen atoms in total. The highest BCUT2D eigenvalue weighted by Crippen LogP contribution is 2.18. The maximum atomic E-state index is 6.00. The van der Waals surface area contributed by atoms with Gasteiger partial charge in [-0.15, -0.1) is 0 Å². The zero-order valence-corrected chi connectivity index (χ0v) is 18.3. The predicted molar refractivity (Wildman–Crippen MR) is 117 cm³/mol. The van der Waals surface area contributed by atoms with Gasteiger partial charge in [-0.05, 0) is 51.8 Å². The molecule has 2 rings (SSSR count). The van der Waals surface area contributed by atoms with Crippen molar-refractivity contribution in [3.8, 4) is 5.75 Å². The lowest BCUT2D eigenvalue weighted by Crippen LogP contribution is -2.50. The van der Waals surface area contributed by atoms with E-state index >= 15 is 0 Å². The smallest absolute Gasteiger partial charge is 0.191 e. The van der Waals surface area contributed by atoms with Crippen LogP contribution in [0, 0.1) is 0 Å². The summed E-state index contributed by atoms with van der Waals surface area (Å²) in [5.41, 5.74) is 0. The Morgan fingerprint density at radius 2 is 2.04 bits per heavy atom. The van der Waals surface area contributed by atoms with E-state index < -0.39 is 0 Å². The molecule has 1 saturated heterocycles. The molecule has 2 N–H and O–H groups in total. The number of guanidine groups is 1. The molecule has 0 radical (unpaired) electrons. The van der Waals surface area contributed by atoms with Crippen LogP contribution in [0.4, 0.5) is 0 Å². The summed E-state index contributed by atoms with van der Waals surface area (Å²) in [6, 6.07) is 7.91. The number of hydrogen-bond acceptors (Lipinski definition) is 4. The second-order valence-electron chi connectivity index (χ2n) is 7.52. The van der Waals surface area contributed by atoms with Crippen LogP contribution in [0.2, 0.25) is 5.02 Å². The Balaban J connectivity index is 1.66. The van der Waals surface area contributed by atoms with Gasteiger partial charge in [-0.25, -0.2) is 0 Å². The lowest BCUT2D eigenvalue weighted by atomic mass is 10.1. The van der Waals surface area contributed by atoms with Gasteiger partial charge in [0, 0.05) is 37.7 Å². The lowest BCUT2D eigenvalue weighted by molar-refractivity contribution is 0.0532. The third-order valence-corrected chi connectivity index (χ3v) is 4.94. The topological polar surface area (TPSA) is 58.1 Å². The molecule has 28 heavy (non-hydrogen) atoms. The van der Waals surface area contributed by atoms with Crippen molar-refractivity contribution in [1.82, 2.24) is 15.5 Å². The van der Waals surface area contributed by atoms with E-state index in [0.29, 0.717) is 23.7 Å². The van der Waals surface area contributed by atoms with E-state index in [1.165, 1.54) is 0 Å². The molecule has 0 aliphatic carbocycles. The second-order valence-corrected chi connectivity index (χ2v) is 7.96. The fourth-order valence-corrected chi connectivity index (χ4v) is 3.34. The number of hydrogen-bond donors (Lipinski definition) is 2. The van der Waals surface area contributed by atoms with Gasteiger partial charge in [0.2, 0.25) is 0 Å². The number of ether oxygens (including phenoxy) is 2. The van der Waals surface area contributed by atoms with E-state index in [9.17, 15) is 0 Å². The Morgan fingerprint density at radius 3 is 2.68 bits per heavy atom. The molecule has 1 aromatic rings. The minimum Gasteiger partial charge on any atom is -0.489 e. The normalized spacial score (nSPS) is 17.6. The number of aliphatic imine (C=N–C) groups is 1. The fourth-order valence-electron chi connectivity index (χ4n) is 3.16. The van der Waals surface area contributed by atoms with Gasteiger partial charge in [0.25, 0.3) is 0 Å². The third-order valence-electron chi connectivity index (χ3n) is 4.70. The average Bonchev–Trinajstić information content (AvgIpc) is 2.66. The number of rotatable bonds is 9. The predicted octanol–water partition coefficient (Wildman–Crippen LogP) is 3.16. The van der Waals surface area contributed by atoms with Crippen LogP contribution in [-0.2, 0) is 4.74 Å². The molecular formula is C21H35ClN4O2. The summed E-state index contributed by atoms with van der Waals surface area (Å²) in [5, 5.41) is 7.57. The molecule has 1 aromatic carbocycles. The first-order valence-corrected chi connectivity index (χ1v) is 10.6. The summed E-state index contributed by atoms with van der Waals surface area (Å²) in [6.07, 6.45) is 2.52. The maximum absolute atomic E-state index is 6.00. The minimum atomic E-state index is -0.000165. The molecule has 0 bridgehead atoms. The number of nitrogens with zero attached hydrogens (tertiary/aromatic N) is 2. The molecule has 0 saturated carbocycles. The van der Waals surface area contributed by atoms with Crippen molar-refractivity contribution in [2.75, 3.05) is 39.8 Å². The summed E-state index contributed by atoms with van der Waals surface area (Å²) in [4.78, 5) is 6.82. The van der Waals surface area contributed by atoms with Gasteiger partial charge in [-0.2, -0.15) is 0 Å². The number of halogens is 1. The third kappa shape index (κ3) is 8.67. The molecule has 1 fully saturated rings. The average molecular weight is 411 g/mol. The number of piperidine rings is 1. The quantitative estimate of drug-likeness (QED) is 0.483. The first kappa shape index (κ1) is 22.8. The van der Waals surface area contributed by atoms with Crippen molar-refractivity contribution in [3.63, 3.8) is 0 Å². The number of likely N-dealkylation sites (tertiary alicyclic amines) is 1. The van der Waals surface area contributed by atoms with E-state index in [1.807, 2.05) is 31.2 Å². The Kier molecular flexibility index (Phi) is 9.88. The molecule has 1 aliphatic rings. The van der Waals surface area contributed by atoms with Gasteiger partial charge >= 0.3 is 0 Å². The molecule has 1 aliphatic heterocycles. The zero-order valence-electron chi connectivity index (χ0n) is 17.6. The maximum Gasteiger partial charge on any atom is 0.191 e. The molecular weight excluding hydrogens is 376 g/mol. The van der Waals surface area contributed by atoms with Crippen LogP contribution in [0.25, 0.3) is 0 Å². The minimum absolute atomic E-state index is 0.000165. The fraction of sp³-hybridized carbons (Fsp3) is 0.667. The molecule has 1 heterocycles. The van der Waals surface area contributed by atoms with Gasteiger partial charge in [0.1, 0.15) is 11.9 Å². The molecule has 0 amide bonds. The molecule has 1 atom stereocenters. The van der Waals surface area contributed by atoms with Gasteiger partial charge in [-0.1, -0.05) is 17.7 Å². The van der Waals surface area contributed by atoms with Crippen LogP contribution in [0.5, 0.6) is 5.75 Å². The zero-order chi connectivity index (χ0) is 20.4. The van der Waals surface area contributed by atoms with E-state index in [-0.39, 0.29) is 6.10 Å². The van der Waals surface area contributed by atoms with Crippen LogP contribution in [0.15, 0.2) is 29.3 Å². The summed E-state index contributed by atoms with van der Waals surface area (Å²) in [7, 11) is 1.80. The number of nitrogens with one attached hydrogen (secondary N) is 2. The van der Waals surface area contributed by atoms with E-state index in [0.717, 1.165) is 50.8 Å². The summed E-state index contributed by atoms with van der Waals surface area (Å²) < 4.78 is 11.6. The Hall–Kier alpha value is -1.50. The Labute approximate surface area is 174 Å². The van der Waals surface area contributed by atoms with E-state index in [1.54, 1.807) is 7.05 Å². The Morgan fingerprint density at radius 1 is 1.29 bits per heavy atom. The van der Waals surface area contributed by atoms with E-state index in [2.05, 4.69) is 34.4 Å². The largest absolute Gasteiger partial charge is 0.489 e. The van der Waals surface area contributed by atoms with Crippen molar-refractivity contribution in [1.29, 1.82) is 0 Å². The van der Waals surface area contributed by atoms with Crippen LogP contribution < -0.4 is 15.4 Å². The van der Waals surface area contributed by atoms with Gasteiger partial charge in [0.15, 0.2) is 5.96 Å². The number of benzene rings is 1. The van der Waals surface area contributed by atoms with Crippen molar-refractivity contribution in [3.05, 3.63) is 29.3 Å². The van der Waals surface area contributed by atoms with Crippen molar-refractivity contribution < 1.29 is 9.47 Å². The molecule has 7 heteroatoms. The van der Waals surface area contributed by atoms with Crippen LogP contribution in [0.1, 0.15) is 33.6 Å². The summed E-state index contributed by atoms with van der Waals surface area (Å²) >= 11 is 6.00. The van der Waals surface area contributed by atoms with Crippen molar-refractivity contribution in [2.24, 2.45) is 4.99 Å². The van der Waals surface area contributed by atoms with E-state index in [4.69, 9.17) is 21.1 Å².